The van der Waals surface area contributed by atoms with Crippen molar-refractivity contribution in [2.24, 2.45) is 5.92 Å². The predicted octanol–water partition coefficient (Wildman–Crippen LogP) is 2.22. The number of hydrogen-bond acceptors (Lipinski definition) is 5. The lowest BCUT2D eigenvalue weighted by molar-refractivity contribution is -0.151. The van der Waals surface area contributed by atoms with Crippen molar-refractivity contribution in [1.82, 2.24) is 5.32 Å². The van der Waals surface area contributed by atoms with Crippen LogP contribution in [0, 0.1) is 5.92 Å². The average molecular weight is 301 g/mol. The van der Waals surface area contributed by atoms with Crippen LogP contribution >= 0.6 is 11.8 Å². The van der Waals surface area contributed by atoms with Crippen molar-refractivity contribution >= 4 is 17.7 Å². The van der Waals surface area contributed by atoms with Crippen LogP contribution in [-0.2, 0) is 14.3 Å². The molecule has 3 atom stereocenters. The predicted molar refractivity (Wildman–Crippen MR) is 82.0 cm³/mol. The van der Waals surface area contributed by atoms with Gasteiger partial charge in [0.25, 0.3) is 0 Å². The summed E-state index contributed by atoms with van der Waals surface area (Å²) >= 11 is 1.87. The molecule has 0 aromatic heterocycles. The second kappa shape index (κ2) is 7.14. The summed E-state index contributed by atoms with van der Waals surface area (Å²) in [6.45, 7) is 8.15. The summed E-state index contributed by atoms with van der Waals surface area (Å²) in [6, 6.07) is 0. The first-order valence-electron chi connectivity index (χ1n) is 7.79. The number of hydrogen-bond donors (Lipinski definition) is 1. The highest BCUT2D eigenvalue weighted by molar-refractivity contribution is 8.00. The molecule has 20 heavy (non-hydrogen) atoms. The first-order chi connectivity index (χ1) is 9.64. The third-order valence-corrected chi connectivity index (χ3v) is 5.91. The summed E-state index contributed by atoms with van der Waals surface area (Å²) in [5.41, 5.74) is -0.488. The van der Waals surface area contributed by atoms with Gasteiger partial charge in [-0.15, -0.1) is 0 Å². The fourth-order valence-corrected chi connectivity index (χ4v) is 4.48. The van der Waals surface area contributed by atoms with Gasteiger partial charge in [0.1, 0.15) is 5.54 Å². The molecule has 4 nitrogen and oxygen atoms in total. The summed E-state index contributed by atoms with van der Waals surface area (Å²) in [5, 5.41) is 3.95. The molecule has 116 valence electrons. The maximum absolute atomic E-state index is 12.5. The third kappa shape index (κ3) is 3.49. The number of ether oxygens (including phenoxy) is 2. The summed E-state index contributed by atoms with van der Waals surface area (Å²) in [4.78, 5) is 12.5. The van der Waals surface area contributed by atoms with E-state index in [9.17, 15) is 4.79 Å². The van der Waals surface area contributed by atoms with E-state index in [0.717, 1.165) is 38.2 Å². The van der Waals surface area contributed by atoms with E-state index in [1.54, 1.807) is 0 Å². The number of esters is 1. The minimum absolute atomic E-state index is 0.0663. The van der Waals surface area contributed by atoms with Crippen molar-refractivity contribution in [2.45, 2.75) is 56.9 Å². The Morgan fingerprint density at radius 1 is 1.40 bits per heavy atom. The van der Waals surface area contributed by atoms with Crippen molar-refractivity contribution in [2.75, 3.05) is 25.5 Å². The summed E-state index contributed by atoms with van der Waals surface area (Å²) < 4.78 is 11.0. The van der Waals surface area contributed by atoms with Gasteiger partial charge in [-0.05, 0) is 45.6 Å². The molecule has 1 saturated carbocycles. The maximum Gasteiger partial charge on any atom is 0.327 e. The standard InChI is InChI=1S/C15H27NO3S/c1-4-16-15(12-6-7-12,14(17)18-5-2)10-20-13-8-9-19-11(13)3/h11-13,16H,4-10H2,1-3H3. The van der Waals surface area contributed by atoms with Crippen LogP contribution in [0.3, 0.4) is 0 Å². The minimum Gasteiger partial charge on any atom is -0.465 e. The fraction of sp³-hybridized carbons (Fsp3) is 0.933. The fourth-order valence-electron chi connectivity index (χ4n) is 2.93. The molecule has 0 aromatic rings. The second-order valence-corrected chi connectivity index (χ2v) is 6.94. The lowest BCUT2D eigenvalue weighted by atomic mass is 9.95. The molecular formula is C15H27NO3S. The van der Waals surface area contributed by atoms with Crippen molar-refractivity contribution in [3.8, 4) is 0 Å². The van der Waals surface area contributed by atoms with Crippen LogP contribution in [0.2, 0.25) is 0 Å². The molecule has 0 spiro atoms. The first-order valence-corrected chi connectivity index (χ1v) is 8.84. The van der Waals surface area contributed by atoms with E-state index in [0.29, 0.717) is 23.9 Å². The molecular weight excluding hydrogens is 274 g/mol. The van der Waals surface area contributed by atoms with Gasteiger partial charge in [0.2, 0.25) is 0 Å². The van der Waals surface area contributed by atoms with Gasteiger partial charge >= 0.3 is 5.97 Å². The highest BCUT2D eigenvalue weighted by Crippen LogP contribution is 2.43. The molecule has 5 heteroatoms. The Morgan fingerprint density at radius 2 is 2.15 bits per heavy atom. The number of nitrogens with one attached hydrogen (secondary N) is 1. The second-order valence-electron chi connectivity index (χ2n) is 5.71. The largest absolute Gasteiger partial charge is 0.465 e. The van der Waals surface area contributed by atoms with Gasteiger partial charge in [-0.1, -0.05) is 6.92 Å². The molecule has 1 aliphatic carbocycles. The quantitative estimate of drug-likeness (QED) is 0.697. The van der Waals surface area contributed by atoms with Crippen molar-refractivity contribution < 1.29 is 14.3 Å². The molecule has 1 heterocycles. The monoisotopic (exact) mass is 301 g/mol. The number of thioether (sulfide) groups is 1. The molecule has 0 amide bonds. The zero-order valence-electron chi connectivity index (χ0n) is 12.8. The lowest BCUT2D eigenvalue weighted by Crippen LogP contribution is -2.57. The van der Waals surface area contributed by atoms with Crippen LogP contribution in [0.25, 0.3) is 0 Å². The summed E-state index contributed by atoms with van der Waals surface area (Å²) in [7, 11) is 0. The Labute approximate surface area is 126 Å². The van der Waals surface area contributed by atoms with Crippen LogP contribution in [0.4, 0.5) is 0 Å². The van der Waals surface area contributed by atoms with E-state index in [4.69, 9.17) is 9.47 Å². The van der Waals surface area contributed by atoms with E-state index in [1.807, 2.05) is 18.7 Å². The highest BCUT2D eigenvalue weighted by Gasteiger charge is 2.52. The molecule has 1 N–H and O–H groups in total. The van der Waals surface area contributed by atoms with E-state index >= 15 is 0 Å². The van der Waals surface area contributed by atoms with Gasteiger partial charge in [0.05, 0.1) is 12.7 Å². The third-order valence-electron chi connectivity index (χ3n) is 4.24. The van der Waals surface area contributed by atoms with Crippen LogP contribution in [0.15, 0.2) is 0 Å². The molecule has 0 bridgehead atoms. The van der Waals surface area contributed by atoms with E-state index in [-0.39, 0.29) is 5.97 Å². The van der Waals surface area contributed by atoms with Gasteiger partial charge < -0.3 is 14.8 Å². The van der Waals surface area contributed by atoms with Crippen LogP contribution < -0.4 is 5.32 Å². The number of carbonyl (C=O) groups excluding carboxylic acids is 1. The van der Waals surface area contributed by atoms with Crippen LogP contribution in [0.5, 0.6) is 0 Å². The van der Waals surface area contributed by atoms with E-state index in [1.165, 1.54) is 0 Å². The zero-order chi connectivity index (χ0) is 14.6. The van der Waals surface area contributed by atoms with Gasteiger partial charge in [-0.3, -0.25) is 4.79 Å². The first kappa shape index (κ1) is 16.1. The summed E-state index contributed by atoms with van der Waals surface area (Å²) in [6.07, 6.45) is 3.63. The molecule has 0 radical (unpaired) electrons. The SMILES string of the molecule is CCNC(CSC1CCOC1C)(C(=O)OCC)C1CC1. The number of rotatable bonds is 8. The van der Waals surface area contributed by atoms with Crippen LogP contribution in [0.1, 0.15) is 40.0 Å². The van der Waals surface area contributed by atoms with Crippen molar-refractivity contribution in [1.29, 1.82) is 0 Å². The molecule has 0 aromatic carbocycles. The normalized spacial score (nSPS) is 29.1. The Balaban J connectivity index is 2.02. The lowest BCUT2D eigenvalue weighted by Gasteiger charge is -2.33. The van der Waals surface area contributed by atoms with Crippen molar-refractivity contribution in [3.63, 3.8) is 0 Å². The molecule has 2 rings (SSSR count). The van der Waals surface area contributed by atoms with E-state index in [2.05, 4.69) is 19.2 Å². The maximum atomic E-state index is 12.5. The molecule has 2 fully saturated rings. The molecule has 1 aliphatic heterocycles. The Bertz CT molecular complexity index is 335. The molecule has 2 aliphatic rings. The number of carbonyl (C=O) groups is 1. The Morgan fingerprint density at radius 3 is 2.65 bits per heavy atom. The molecule has 3 unspecified atom stereocenters. The number of likely N-dealkylation sites (N-methyl/N-ethyl adjacent to an activating group) is 1. The van der Waals surface area contributed by atoms with Crippen molar-refractivity contribution in [3.05, 3.63) is 0 Å². The Hall–Kier alpha value is -0.260. The summed E-state index contributed by atoms with van der Waals surface area (Å²) in [5.74, 6) is 1.16. The van der Waals surface area contributed by atoms with Gasteiger partial charge in [-0.2, -0.15) is 11.8 Å². The zero-order valence-corrected chi connectivity index (χ0v) is 13.6. The van der Waals surface area contributed by atoms with Gasteiger partial charge in [0, 0.05) is 17.6 Å². The topological polar surface area (TPSA) is 47.6 Å². The minimum atomic E-state index is -0.488. The Kier molecular flexibility index (Phi) is 5.75. The average Bonchev–Trinajstić information content (AvgIpc) is 3.19. The molecule has 1 saturated heterocycles. The van der Waals surface area contributed by atoms with Crippen LogP contribution in [-0.4, -0.2) is 48.4 Å². The van der Waals surface area contributed by atoms with Gasteiger partial charge in [-0.25, -0.2) is 0 Å². The highest BCUT2D eigenvalue weighted by atomic mass is 32.2. The smallest absolute Gasteiger partial charge is 0.327 e. The van der Waals surface area contributed by atoms with E-state index < -0.39 is 5.54 Å². The van der Waals surface area contributed by atoms with Gasteiger partial charge in [0.15, 0.2) is 0 Å².